The van der Waals surface area contributed by atoms with Gasteiger partial charge in [-0.05, 0) is 42.7 Å². The van der Waals surface area contributed by atoms with E-state index in [0.29, 0.717) is 25.5 Å². The first-order valence-electron chi connectivity index (χ1n) is 13.6. The molecule has 8 nitrogen and oxygen atoms in total. The Balaban J connectivity index is 1.66. The summed E-state index contributed by atoms with van der Waals surface area (Å²) in [6.45, 7) is 0.866. The van der Waals surface area contributed by atoms with Crippen molar-refractivity contribution in [2.24, 2.45) is 0 Å². The molecule has 1 fully saturated rings. The lowest BCUT2D eigenvalue weighted by molar-refractivity contribution is -0.258. The molecule has 43 heavy (non-hydrogen) atoms. The number of benzene rings is 2. The number of hydrogen-bond acceptors (Lipinski definition) is 7. The molecule has 0 radical (unpaired) electrons. The SMILES string of the molecule is C[C@](O)(c1ccc(N2CCN(S(=O)(=O)C3=CC=CCC3=S)C[C@H]2CN(CCc2ccccc2)S(C)(=O)=O)cc1)C(F)(F)F. The maximum atomic E-state index is 13.6. The third kappa shape index (κ3) is 7.55. The highest BCUT2D eigenvalue weighted by Crippen LogP contribution is 2.39. The van der Waals surface area contributed by atoms with Gasteiger partial charge < -0.3 is 10.0 Å². The van der Waals surface area contributed by atoms with Gasteiger partial charge in [0.05, 0.1) is 17.2 Å². The molecule has 0 unspecified atom stereocenters. The Morgan fingerprint density at radius 1 is 1.02 bits per heavy atom. The number of allylic oxidation sites excluding steroid dienone is 4. The van der Waals surface area contributed by atoms with Crippen LogP contribution in [-0.4, -0.2) is 86.6 Å². The summed E-state index contributed by atoms with van der Waals surface area (Å²) in [4.78, 5) is 2.11. The van der Waals surface area contributed by atoms with Crippen LogP contribution in [0.25, 0.3) is 0 Å². The van der Waals surface area contributed by atoms with Crippen molar-refractivity contribution in [2.75, 3.05) is 43.9 Å². The van der Waals surface area contributed by atoms with Crippen molar-refractivity contribution in [1.82, 2.24) is 8.61 Å². The van der Waals surface area contributed by atoms with Crippen LogP contribution in [0.5, 0.6) is 0 Å². The van der Waals surface area contributed by atoms with Gasteiger partial charge >= 0.3 is 6.18 Å². The van der Waals surface area contributed by atoms with Crippen LogP contribution in [0.2, 0.25) is 0 Å². The number of hydrogen-bond donors (Lipinski definition) is 1. The minimum atomic E-state index is -4.89. The molecule has 2 aliphatic rings. The van der Waals surface area contributed by atoms with Gasteiger partial charge in [0.25, 0.3) is 0 Å². The van der Waals surface area contributed by atoms with E-state index in [0.717, 1.165) is 11.8 Å². The predicted octanol–water partition coefficient (Wildman–Crippen LogP) is 3.99. The van der Waals surface area contributed by atoms with Crippen LogP contribution in [0, 0.1) is 0 Å². The van der Waals surface area contributed by atoms with Gasteiger partial charge in [-0.1, -0.05) is 66.8 Å². The van der Waals surface area contributed by atoms with Gasteiger partial charge in [-0.15, -0.1) is 0 Å². The van der Waals surface area contributed by atoms with Crippen molar-refractivity contribution >= 4 is 42.8 Å². The molecule has 2 aromatic rings. The first-order chi connectivity index (χ1) is 20.0. The molecular formula is C29H34F3N3O5S3. The maximum absolute atomic E-state index is 13.6. The average molecular weight is 658 g/mol. The number of sulfonamides is 2. The fourth-order valence-corrected chi connectivity index (χ4v) is 8.04. The minimum Gasteiger partial charge on any atom is -0.376 e. The van der Waals surface area contributed by atoms with Crippen LogP contribution in [-0.2, 0) is 32.1 Å². The topological polar surface area (TPSA) is 98.2 Å². The molecule has 1 aliphatic heterocycles. The third-order valence-corrected chi connectivity index (χ3v) is 11.4. The summed E-state index contributed by atoms with van der Waals surface area (Å²) in [5.74, 6) is 0. The summed E-state index contributed by atoms with van der Waals surface area (Å²) >= 11 is 5.32. The van der Waals surface area contributed by atoms with E-state index in [1.165, 1.54) is 39.0 Å². The normalized spacial score (nSPS) is 20.3. The van der Waals surface area contributed by atoms with E-state index in [-0.39, 0.29) is 48.1 Å². The summed E-state index contributed by atoms with van der Waals surface area (Å²) in [5.41, 5.74) is -2.02. The molecule has 1 saturated heterocycles. The first kappa shape index (κ1) is 33.3. The molecule has 234 valence electrons. The smallest absolute Gasteiger partial charge is 0.376 e. The van der Waals surface area contributed by atoms with Gasteiger partial charge in [0.15, 0.2) is 5.60 Å². The Bertz CT molecular complexity index is 1590. The molecule has 2 aromatic carbocycles. The number of aliphatic hydroxyl groups is 1. The number of anilines is 1. The van der Waals surface area contributed by atoms with E-state index >= 15 is 0 Å². The zero-order valence-electron chi connectivity index (χ0n) is 23.7. The molecule has 1 heterocycles. The van der Waals surface area contributed by atoms with Gasteiger partial charge in [0.2, 0.25) is 20.0 Å². The van der Waals surface area contributed by atoms with Gasteiger partial charge in [0.1, 0.15) is 0 Å². The van der Waals surface area contributed by atoms with Gasteiger partial charge in [-0.25, -0.2) is 16.8 Å². The second-order valence-electron chi connectivity index (χ2n) is 10.8. The van der Waals surface area contributed by atoms with E-state index < -0.39 is 37.9 Å². The highest BCUT2D eigenvalue weighted by atomic mass is 32.2. The molecule has 4 rings (SSSR count). The Morgan fingerprint density at radius 3 is 2.26 bits per heavy atom. The second kappa shape index (κ2) is 12.8. The van der Waals surface area contributed by atoms with Crippen molar-refractivity contribution < 1.29 is 35.1 Å². The maximum Gasteiger partial charge on any atom is 0.421 e. The van der Waals surface area contributed by atoms with E-state index in [4.69, 9.17) is 12.2 Å². The molecular weight excluding hydrogens is 624 g/mol. The van der Waals surface area contributed by atoms with Crippen LogP contribution in [0.4, 0.5) is 18.9 Å². The highest BCUT2D eigenvalue weighted by molar-refractivity contribution is 7.96. The largest absolute Gasteiger partial charge is 0.421 e. The quantitative estimate of drug-likeness (QED) is 0.386. The standard InChI is InChI=1S/C29H34F3N3O5S3/c1-28(36,29(30,31)32)23-12-14-24(15-13-23)35-19-18-34(43(39,40)27-11-7-6-10-26(27)41)21-25(35)20-33(42(2,37)38)17-16-22-8-4-3-5-9-22/h3-9,11-15,25,36H,10,16-21H2,1-2H3/t25-,28+/m1/s1. The molecule has 0 aromatic heterocycles. The number of rotatable bonds is 10. The monoisotopic (exact) mass is 657 g/mol. The van der Waals surface area contributed by atoms with E-state index in [1.54, 1.807) is 17.1 Å². The predicted molar refractivity (Wildman–Crippen MR) is 165 cm³/mol. The van der Waals surface area contributed by atoms with Crippen molar-refractivity contribution in [3.63, 3.8) is 0 Å². The van der Waals surface area contributed by atoms with Crippen LogP contribution in [0.1, 0.15) is 24.5 Å². The molecule has 14 heteroatoms. The lowest BCUT2D eigenvalue weighted by Gasteiger charge is -2.44. The van der Waals surface area contributed by atoms with Crippen molar-refractivity contribution in [3.8, 4) is 0 Å². The fraction of sp³-hybridized carbons (Fsp3) is 0.414. The molecule has 0 amide bonds. The minimum absolute atomic E-state index is 0.0278. The molecule has 0 saturated carbocycles. The number of piperazine rings is 1. The highest BCUT2D eigenvalue weighted by Gasteiger charge is 2.51. The molecule has 2 atom stereocenters. The number of alkyl halides is 3. The molecule has 1 aliphatic carbocycles. The Morgan fingerprint density at radius 2 is 1.67 bits per heavy atom. The lowest BCUT2D eigenvalue weighted by Crippen LogP contribution is -2.59. The van der Waals surface area contributed by atoms with E-state index in [1.807, 2.05) is 30.3 Å². The van der Waals surface area contributed by atoms with Gasteiger partial charge in [-0.3, -0.25) is 0 Å². The third-order valence-electron chi connectivity index (χ3n) is 7.71. The number of thiocarbonyl (C=S) groups is 1. The molecule has 0 bridgehead atoms. The Labute approximate surface area is 256 Å². The van der Waals surface area contributed by atoms with Gasteiger partial charge in [0, 0.05) is 49.7 Å². The zero-order valence-corrected chi connectivity index (χ0v) is 26.2. The number of halogens is 3. The lowest BCUT2D eigenvalue weighted by atomic mass is 9.95. The van der Waals surface area contributed by atoms with Crippen molar-refractivity contribution in [2.45, 2.75) is 37.6 Å². The van der Waals surface area contributed by atoms with Crippen LogP contribution in [0.15, 0.2) is 77.7 Å². The van der Waals surface area contributed by atoms with Crippen LogP contribution < -0.4 is 4.90 Å². The van der Waals surface area contributed by atoms with Gasteiger partial charge in [-0.2, -0.15) is 21.8 Å². The Kier molecular flexibility index (Phi) is 9.89. The van der Waals surface area contributed by atoms with Crippen molar-refractivity contribution in [3.05, 3.63) is 88.9 Å². The average Bonchev–Trinajstić information content (AvgIpc) is 2.94. The summed E-state index contributed by atoms with van der Waals surface area (Å²) in [5, 5.41) is 10.1. The van der Waals surface area contributed by atoms with Crippen LogP contribution >= 0.6 is 12.2 Å². The Hall–Kier alpha value is -2.62. The fourth-order valence-electron chi connectivity index (χ4n) is 5.10. The van der Waals surface area contributed by atoms with E-state index in [2.05, 4.69) is 0 Å². The van der Waals surface area contributed by atoms with E-state index in [9.17, 15) is 35.1 Å². The first-order valence-corrected chi connectivity index (χ1v) is 17.3. The summed E-state index contributed by atoms with van der Waals surface area (Å²) in [7, 11) is -7.72. The summed E-state index contributed by atoms with van der Waals surface area (Å²) < 4.78 is 95.9. The summed E-state index contributed by atoms with van der Waals surface area (Å²) in [6, 6.07) is 13.8. The van der Waals surface area contributed by atoms with Crippen LogP contribution in [0.3, 0.4) is 0 Å². The van der Waals surface area contributed by atoms with Crippen molar-refractivity contribution in [1.29, 1.82) is 0 Å². The molecule has 1 N–H and O–H groups in total. The zero-order chi connectivity index (χ0) is 31.6. The second-order valence-corrected chi connectivity index (χ2v) is 15.2. The summed E-state index contributed by atoms with van der Waals surface area (Å²) in [6.07, 6.45) is 1.79. The number of nitrogens with zero attached hydrogens (tertiary/aromatic N) is 3. The molecule has 0 spiro atoms.